The van der Waals surface area contributed by atoms with Gasteiger partial charge in [-0.15, -0.1) is 0 Å². The van der Waals surface area contributed by atoms with Crippen molar-refractivity contribution in [1.29, 1.82) is 0 Å². The van der Waals surface area contributed by atoms with Gasteiger partial charge in [0, 0.05) is 12.1 Å². The van der Waals surface area contributed by atoms with Gasteiger partial charge in [0.05, 0.1) is 5.57 Å². The lowest BCUT2D eigenvalue weighted by Crippen LogP contribution is -2.29. The molecule has 0 radical (unpaired) electrons. The maximum atomic E-state index is 12.3. The highest BCUT2D eigenvalue weighted by Crippen LogP contribution is 2.33. The number of halogens is 3. The standard InChI is InChI=1S/C9H9F3N2/c1-5-3-13-8-7(5)2-6(4-14-8)9(10,11)12/h2-4,7-8,13H,1H3. The van der Waals surface area contributed by atoms with E-state index in [0.29, 0.717) is 0 Å². The van der Waals surface area contributed by atoms with Crippen molar-refractivity contribution in [3.63, 3.8) is 0 Å². The summed E-state index contributed by atoms with van der Waals surface area (Å²) in [5.41, 5.74) is 0.226. The van der Waals surface area contributed by atoms with Crippen LogP contribution < -0.4 is 5.32 Å². The van der Waals surface area contributed by atoms with Crippen molar-refractivity contribution < 1.29 is 13.2 Å². The first kappa shape index (κ1) is 9.30. The molecule has 0 aromatic heterocycles. The minimum absolute atomic E-state index is 0.249. The van der Waals surface area contributed by atoms with Crippen LogP contribution in [0.25, 0.3) is 0 Å². The number of nitrogens with zero attached hydrogens (tertiary/aromatic N) is 1. The SMILES string of the molecule is CC1=CNC2N=CC(C(F)(F)F)=CC12. The summed E-state index contributed by atoms with van der Waals surface area (Å²) >= 11 is 0. The van der Waals surface area contributed by atoms with Crippen LogP contribution in [0.2, 0.25) is 0 Å². The molecule has 2 nitrogen and oxygen atoms in total. The molecule has 2 unspecified atom stereocenters. The highest BCUT2D eigenvalue weighted by molar-refractivity contribution is 5.81. The van der Waals surface area contributed by atoms with Crippen molar-refractivity contribution in [1.82, 2.24) is 5.32 Å². The molecular weight excluding hydrogens is 193 g/mol. The minimum Gasteiger partial charge on any atom is -0.369 e. The summed E-state index contributed by atoms with van der Waals surface area (Å²) in [5, 5.41) is 2.91. The van der Waals surface area contributed by atoms with Crippen LogP contribution in [0.15, 0.2) is 28.4 Å². The average Bonchev–Trinajstić information content (AvgIpc) is 2.46. The Morgan fingerprint density at radius 2 is 2.14 bits per heavy atom. The molecule has 0 aromatic carbocycles. The van der Waals surface area contributed by atoms with E-state index in [1.54, 1.807) is 13.1 Å². The fraction of sp³-hybridized carbons (Fsp3) is 0.444. The van der Waals surface area contributed by atoms with Gasteiger partial charge < -0.3 is 5.32 Å². The van der Waals surface area contributed by atoms with Gasteiger partial charge >= 0.3 is 6.18 Å². The van der Waals surface area contributed by atoms with Crippen molar-refractivity contribution in [3.8, 4) is 0 Å². The third kappa shape index (κ3) is 1.42. The first-order chi connectivity index (χ1) is 6.48. The number of allylic oxidation sites excluding steroid dienone is 1. The zero-order chi connectivity index (χ0) is 10.3. The molecule has 76 valence electrons. The summed E-state index contributed by atoms with van der Waals surface area (Å²) in [6, 6.07) is 0. The van der Waals surface area contributed by atoms with Crippen LogP contribution in [-0.4, -0.2) is 18.6 Å². The number of rotatable bonds is 0. The van der Waals surface area contributed by atoms with E-state index in [0.717, 1.165) is 11.8 Å². The molecule has 2 aliphatic heterocycles. The number of alkyl halides is 3. The molecule has 2 heterocycles. The minimum atomic E-state index is -4.29. The van der Waals surface area contributed by atoms with Gasteiger partial charge in [-0.2, -0.15) is 13.2 Å². The Kier molecular flexibility index (Phi) is 1.90. The van der Waals surface area contributed by atoms with Crippen molar-refractivity contribution in [2.45, 2.75) is 19.3 Å². The Morgan fingerprint density at radius 1 is 1.43 bits per heavy atom. The zero-order valence-corrected chi connectivity index (χ0v) is 7.47. The number of hydrogen-bond acceptors (Lipinski definition) is 2. The van der Waals surface area contributed by atoms with Crippen LogP contribution >= 0.6 is 0 Å². The number of fused-ring (bicyclic) bond motifs is 1. The molecule has 0 amide bonds. The molecular formula is C9H9F3N2. The predicted molar refractivity (Wildman–Crippen MR) is 46.8 cm³/mol. The zero-order valence-electron chi connectivity index (χ0n) is 7.47. The largest absolute Gasteiger partial charge is 0.417 e. The number of dihydropyridines is 1. The molecule has 2 rings (SSSR count). The highest BCUT2D eigenvalue weighted by atomic mass is 19.4. The lowest BCUT2D eigenvalue weighted by Gasteiger charge is -2.21. The fourth-order valence-electron chi connectivity index (χ4n) is 1.59. The van der Waals surface area contributed by atoms with Crippen LogP contribution in [0.4, 0.5) is 13.2 Å². The van der Waals surface area contributed by atoms with E-state index in [-0.39, 0.29) is 12.1 Å². The molecule has 0 saturated heterocycles. The van der Waals surface area contributed by atoms with Crippen LogP contribution in [0.3, 0.4) is 0 Å². The van der Waals surface area contributed by atoms with Gasteiger partial charge in [-0.25, -0.2) is 0 Å². The van der Waals surface area contributed by atoms with Gasteiger partial charge in [-0.05, 0) is 18.7 Å². The quantitative estimate of drug-likeness (QED) is 0.638. The van der Waals surface area contributed by atoms with Gasteiger partial charge in [-0.1, -0.05) is 6.08 Å². The Morgan fingerprint density at radius 3 is 2.79 bits per heavy atom. The van der Waals surface area contributed by atoms with Gasteiger partial charge in [0.2, 0.25) is 0 Å². The number of aliphatic imine (C=N–C) groups is 1. The van der Waals surface area contributed by atoms with Gasteiger partial charge in [0.1, 0.15) is 6.17 Å². The molecule has 0 bridgehead atoms. The Bertz CT molecular complexity index is 338. The van der Waals surface area contributed by atoms with E-state index in [1.165, 1.54) is 6.08 Å². The summed E-state index contributed by atoms with van der Waals surface area (Å²) in [6.07, 6.45) is -0.717. The van der Waals surface area contributed by atoms with E-state index in [9.17, 15) is 13.2 Å². The molecule has 0 aliphatic carbocycles. The Labute approximate surface area is 79.2 Å². The topological polar surface area (TPSA) is 24.4 Å². The summed E-state index contributed by atoms with van der Waals surface area (Å²) in [4.78, 5) is 3.81. The lowest BCUT2D eigenvalue weighted by atomic mass is 9.96. The number of nitrogens with one attached hydrogen (secondary N) is 1. The van der Waals surface area contributed by atoms with E-state index in [2.05, 4.69) is 10.3 Å². The van der Waals surface area contributed by atoms with Crippen molar-refractivity contribution in [2.24, 2.45) is 10.9 Å². The van der Waals surface area contributed by atoms with E-state index in [4.69, 9.17) is 0 Å². The second-order valence-corrected chi connectivity index (χ2v) is 3.42. The summed E-state index contributed by atoms with van der Waals surface area (Å²) in [5.74, 6) is -0.253. The third-order valence-corrected chi connectivity index (χ3v) is 2.41. The monoisotopic (exact) mass is 202 g/mol. The molecule has 0 aromatic rings. The molecule has 0 saturated carbocycles. The van der Waals surface area contributed by atoms with Crippen molar-refractivity contribution in [3.05, 3.63) is 23.4 Å². The Balaban J connectivity index is 2.28. The van der Waals surface area contributed by atoms with Gasteiger partial charge in [0.25, 0.3) is 0 Å². The normalized spacial score (nSPS) is 30.6. The molecule has 1 N–H and O–H groups in total. The van der Waals surface area contributed by atoms with Crippen molar-refractivity contribution in [2.75, 3.05) is 0 Å². The van der Waals surface area contributed by atoms with Gasteiger partial charge in [-0.3, -0.25) is 4.99 Å². The summed E-state index contributed by atoms with van der Waals surface area (Å²) in [6.45, 7) is 1.79. The smallest absolute Gasteiger partial charge is 0.369 e. The molecule has 14 heavy (non-hydrogen) atoms. The first-order valence-corrected chi connectivity index (χ1v) is 4.23. The van der Waals surface area contributed by atoms with Crippen molar-refractivity contribution >= 4 is 6.21 Å². The maximum Gasteiger partial charge on any atom is 0.417 e. The second-order valence-electron chi connectivity index (χ2n) is 3.42. The maximum absolute atomic E-state index is 12.3. The van der Waals surface area contributed by atoms with Crippen LogP contribution in [0, 0.1) is 5.92 Å². The fourth-order valence-corrected chi connectivity index (χ4v) is 1.59. The second kappa shape index (κ2) is 2.87. The van der Waals surface area contributed by atoms with E-state index in [1.807, 2.05) is 0 Å². The molecule has 0 spiro atoms. The molecule has 2 aliphatic rings. The highest BCUT2D eigenvalue weighted by Gasteiger charge is 2.37. The molecule has 2 atom stereocenters. The van der Waals surface area contributed by atoms with Crippen LogP contribution in [0.5, 0.6) is 0 Å². The summed E-state index contributed by atoms with van der Waals surface area (Å²) in [7, 11) is 0. The molecule has 0 fully saturated rings. The van der Waals surface area contributed by atoms with E-state index < -0.39 is 11.7 Å². The predicted octanol–water partition coefficient (Wildman–Crippen LogP) is 2.01. The summed E-state index contributed by atoms with van der Waals surface area (Å²) < 4.78 is 37.0. The average molecular weight is 202 g/mol. The third-order valence-electron chi connectivity index (χ3n) is 2.41. The number of hydrogen-bond donors (Lipinski definition) is 1. The lowest BCUT2D eigenvalue weighted by molar-refractivity contribution is -0.0862. The Hall–Kier alpha value is -1.26. The van der Waals surface area contributed by atoms with Gasteiger partial charge in [0.15, 0.2) is 0 Å². The molecule has 5 heteroatoms. The van der Waals surface area contributed by atoms with E-state index >= 15 is 0 Å². The first-order valence-electron chi connectivity index (χ1n) is 4.23. The van der Waals surface area contributed by atoms with Crippen LogP contribution in [-0.2, 0) is 0 Å². The van der Waals surface area contributed by atoms with Crippen LogP contribution in [0.1, 0.15) is 6.92 Å².